The van der Waals surface area contributed by atoms with Crippen LogP contribution in [0.4, 0.5) is 0 Å². The van der Waals surface area contributed by atoms with Crippen LogP contribution in [0.3, 0.4) is 0 Å². The van der Waals surface area contributed by atoms with Crippen LogP contribution in [0.2, 0.25) is 0 Å². The molecule has 1 heterocycles. The SMILES string of the molecule is CC(C)CN(CCCN)C(=O)CCC1CCCCO1. The van der Waals surface area contributed by atoms with E-state index in [2.05, 4.69) is 13.8 Å². The summed E-state index contributed by atoms with van der Waals surface area (Å²) in [5.74, 6) is 0.768. The molecule has 1 aliphatic rings. The molecule has 0 bridgehead atoms. The van der Waals surface area contributed by atoms with Crippen LogP contribution < -0.4 is 5.73 Å². The number of hydrogen-bond donors (Lipinski definition) is 1. The van der Waals surface area contributed by atoms with Crippen LogP contribution >= 0.6 is 0 Å². The second kappa shape index (κ2) is 9.32. The number of carbonyl (C=O) groups is 1. The fourth-order valence-electron chi connectivity index (χ4n) is 2.52. The molecular formula is C15H30N2O2. The van der Waals surface area contributed by atoms with Crippen molar-refractivity contribution in [2.24, 2.45) is 11.7 Å². The van der Waals surface area contributed by atoms with E-state index in [9.17, 15) is 4.79 Å². The van der Waals surface area contributed by atoms with E-state index in [0.717, 1.165) is 39.0 Å². The van der Waals surface area contributed by atoms with Gasteiger partial charge < -0.3 is 15.4 Å². The van der Waals surface area contributed by atoms with E-state index in [1.807, 2.05) is 4.90 Å². The lowest BCUT2D eigenvalue weighted by atomic mass is 10.0. The predicted molar refractivity (Wildman–Crippen MR) is 77.9 cm³/mol. The van der Waals surface area contributed by atoms with E-state index < -0.39 is 0 Å². The Labute approximate surface area is 117 Å². The minimum Gasteiger partial charge on any atom is -0.378 e. The van der Waals surface area contributed by atoms with Gasteiger partial charge in [0.1, 0.15) is 0 Å². The van der Waals surface area contributed by atoms with Crippen LogP contribution in [-0.2, 0) is 9.53 Å². The van der Waals surface area contributed by atoms with E-state index in [4.69, 9.17) is 10.5 Å². The Hall–Kier alpha value is -0.610. The highest BCUT2D eigenvalue weighted by atomic mass is 16.5. The highest BCUT2D eigenvalue weighted by Crippen LogP contribution is 2.17. The maximum Gasteiger partial charge on any atom is 0.222 e. The van der Waals surface area contributed by atoms with Crippen LogP contribution in [0, 0.1) is 5.92 Å². The van der Waals surface area contributed by atoms with E-state index in [1.165, 1.54) is 12.8 Å². The highest BCUT2D eigenvalue weighted by molar-refractivity contribution is 5.76. The van der Waals surface area contributed by atoms with Gasteiger partial charge in [0.25, 0.3) is 0 Å². The van der Waals surface area contributed by atoms with Gasteiger partial charge in [-0.3, -0.25) is 4.79 Å². The Kier molecular flexibility index (Phi) is 8.07. The Morgan fingerprint density at radius 3 is 2.79 bits per heavy atom. The van der Waals surface area contributed by atoms with Crippen LogP contribution in [0.15, 0.2) is 0 Å². The quantitative estimate of drug-likeness (QED) is 0.735. The van der Waals surface area contributed by atoms with Crippen LogP contribution in [0.5, 0.6) is 0 Å². The first-order chi connectivity index (χ1) is 9.13. The average Bonchev–Trinajstić information content (AvgIpc) is 2.41. The summed E-state index contributed by atoms with van der Waals surface area (Å²) in [7, 11) is 0. The third-order valence-corrected chi connectivity index (χ3v) is 3.52. The summed E-state index contributed by atoms with van der Waals surface area (Å²) in [6.45, 7) is 7.43. The molecule has 1 fully saturated rings. The molecule has 1 rings (SSSR count). The Balaban J connectivity index is 2.32. The molecule has 19 heavy (non-hydrogen) atoms. The first-order valence-electron chi connectivity index (χ1n) is 7.73. The van der Waals surface area contributed by atoms with Crippen molar-refractivity contribution in [2.45, 2.75) is 58.5 Å². The van der Waals surface area contributed by atoms with Crippen molar-refractivity contribution in [1.29, 1.82) is 0 Å². The number of ether oxygens (including phenoxy) is 1. The number of hydrogen-bond acceptors (Lipinski definition) is 3. The molecule has 4 nitrogen and oxygen atoms in total. The molecule has 1 atom stereocenters. The molecule has 112 valence electrons. The maximum absolute atomic E-state index is 12.3. The normalized spacial score (nSPS) is 19.7. The lowest BCUT2D eigenvalue weighted by Gasteiger charge is -2.26. The van der Waals surface area contributed by atoms with Crippen molar-refractivity contribution >= 4 is 5.91 Å². The zero-order chi connectivity index (χ0) is 14.1. The van der Waals surface area contributed by atoms with Gasteiger partial charge in [-0.25, -0.2) is 0 Å². The topological polar surface area (TPSA) is 55.6 Å². The van der Waals surface area contributed by atoms with Gasteiger partial charge in [-0.2, -0.15) is 0 Å². The minimum absolute atomic E-state index is 0.260. The summed E-state index contributed by atoms with van der Waals surface area (Å²) in [4.78, 5) is 14.2. The van der Waals surface area contributed by atoms with Gasteiger partial charge in [0.2, 0.25) is 5.91 Å². The average molecular weight is 270 g/mol. The van der Waals surface area contributed by atoms with Crippen molar-refractivity contribution in [3.63, 3.8) is 0 Å². The number of nitrogens with zero attached hydrogens (tertiary/aromatic N) is 1. The summed E-state index contributed by atoms with van der Waals surface area (Å²) >= 11 is 0. The summed E-state index contributed by atoms with van der Waals surface area (Å²) in [6.07, 6.45) is 6.19. The second-order valence-corrected chi connectivity index (χ2v) is 5.90. The molecule has 1 amide bonds. The maximum atomic E-state index is 12.3. The zero-order valence-electron chi connectivity index (χ0n) is 12.6. The number of nitrogens with two attached hydrogens (primary N) is 1. The van der Waals surface area contributed by atoms with Gasteiger partial charge in [0.05, 0.1) is 6.10 Å². The molecule has 1 aliphatic heterocycles. The van der Waals surface area contributed by atoms with Gasteiger partial charge in [0.15, 0.2) is 0 Å². The van der Waals surface area contributed by atoms with Crippen LogP contribution in [-0.4, -0.2) is 43.2 Å². The van der Waals surface area contributed by atoms with Gasteiger partial charge in [-0.15, -0.1) is 0 Å². The lowest BCUT2D eigenvalue weighted by molar-refractivity contribution is -0.132. The van der Waals surface area contributed by atoms with E-state index in [-0.39, 0.29) is 5.91 Å². The van der Waals surface area contributed by atoms with E-state index in [0.29, 0.717) is 25.0 Å². The molecule has 0 saturated carbocycles. The third-order valence-electron chi connectivity index (χ3n) is 3.52. The first-order valence-corrected chi connectivity index (χ1v) is 7.73. The fourth-order valence-corrected chi connectivity index (χ4v) is 2.52. The van der Waals surface area contributed by atoms with Crippen LogP contribution in [0.25, 0.3) is 0 Å². The summed E-state index contributed by atoms with van der Waals surface area (Å²) in [6, 6.07) is 0. The van der Waals surface area contributed by atoms with Crippen molar-refractivity contribution in [2.75, 3.05) is 26.2 Å². The molecule has 0 aromatic heterocycles. The van der Waals surface area contributed by atoms with Gasteiger partial charge in [0, 0.05) is 26.1 Å². The minimum atomic E-state index is 0.260. The largest absolute Gasteiger partial charge is 0.378 e. The molecule has 0 spiro atoms. The Bertz CT molecular complexity index is 251. The first kappa shape index (κ1) is 16.4. The summed E-state index contributed by atoms with van der Waals surface area (Å²) in [5.41, 5.74) is 5.54. The monoisotopic (exact) mass is 270 g/mol. The number of amides is 1. The standard InChI is InChI=1S/C15H30N2O2/c1-13(2)12-17(10-5-9-16)15(18)8-7-14-6-3-4-11-19-14/h13-14H,3-12,16H2,1-2H3. The smallest absolute Gasteiger partial charge is 0.222 e. The van der Waals surface area contributed by atoms with Gasteiger partial charge in [-0.05, 0) is 44.6 Å². The molecule has 0 radical (unpaired) electrons. The second-order valence-electron chi connectivity index (χ2n) is 5.90. The van der Waals surface area contributed by atoms with E-state index >= 15 is 0 Å². The molecule has 0 aromatic carbocycles. The van der Waals surface area contributed by atoms with Crippen molar-refractivity contribution < 1.29 is 9.53 Å². The fraction of sp³-hybridized carbons (Fsp3) is 0.933. The van der Waals surface area contributed by atoms with Crippen molar-refractivity contribution in [3.05, 3.63) is 0 Å². The van der Waals surface area contributed by atoms with Crippen molar-refractivity contribution in [1.82, 2.24) is 4.90 Å². The van der Waals surface area contributed by atoms with Crippen LogP contribution in [0.1, 0.15) is 52.4 Å². The number of carbonyl (C=O) groups excluding carboxylic acids is 1. The summed E-state index contributed by atoms with van der Waals surface area (Å²) < 4.78 is 5.68. The van der Waals surface area contributed by atoms with Gasteiger partial charge >= 0.3 is 0 Å². The van der Waals surface area contributed by atoms with Gasteiger partial charge in [-0.1, -0.05) is 13.8 Å². The molecule has 1 unspecified atom stereocenters. The third kappa shape index (κ3) is 6.92. The molecular weight excluding hydrogens is 240 g/mol. The molecule has 0 aliphatic carbocycles. The predicted octanol–water partition coefficient (Wildman–Crippen LogP) is 2.17. The molecule has 4 heteroatoms. The molecule has 0 aromatic rings. The molecule has 2 N–H and O–H groups in total. The zero-order valence-corrected chi connectivity index (χ0v) is 12.6. The Morgan fingerprint density at radius 2 is 2.21 bits per heavy atom. The number of rotatable bonds is 8. The molecule has 1 saturated heterocycles. The Morgan fingerprint density at radius 1 is 1.42 bits per heavy atom. The summed E-state index contributed by atoms with van der Waals surface area (Å²) in [5, 5.41) is 0. The van der Waals surface area contributed by atoms with E-state index in [1.54, 1.807) is 0 Å². The lowest BCUT2D eigenvalue weighted by Crippen LogP contribution is -2.36. The van der Waals surface area contributed by atoms with Crippen molar-refractivity contribution in [3.8, 4) is 0 Å². The highest BCUT2D eigenvalue weighted by Gasteiger charge is 2.18.